The zero-order chi connectivity index (χ0) is 13.8. The van der Waals surface area contributed by atoms with Crippen LogP contribution in [0.4, 0.5) is 5.69 Å². The van der Waals surface area contributed by atoms with Crippen LogP contribution in [0, 0.1) is 0 Å². The van der Waals surface area contributed by atoms with Gasteiger partial charge in [0.15, 0.2) is 6.04 Å². The van der Waals surface area contributed by atoms with Crippen LogP contribution in [0.1, 0.15) is 10.9 Å². The van der Waals surface area contributed by atoms with Crippen molar-refractivity contribution in [3.05, 3.63) is 50.1 Å². The van der Waals surface area contributed by atoms with E-state index < -0.39 is 6.04 Å². The third kappa shape index (κ3) is 3.49. The molecule has 1 aromatic heterocycles. The Labute approximate surface area is 128 Å². The molecule has 6 heteroatoms. The van der Waals surface area contributed by atoms with Gasteiger partial charge in [0.2, 0.25) is 0 Å². The van der Waals surface area contributed by atoms with Crippen molar-refractivity contribution >= 4 is 50.5 Å². The average Bonchev–Trinajstić information content (AvgIpc) is 2.76. The summed E-state index contributed by atoms with van der Waals surface area (Å²) in [5.74, 6) is -0.353. The molecule has 0 spiro atoms. The molecule has 100 valence electrons. The van der Waals surface area contributed by atoms with E-state index in [0.29, 0.717) is 4.34 Å². The van der Waals surface area contributed by atoms with Crippen LogP contribution in [0.5, 0.6) is 0 Å². The minimum absolute atomic E-state index is 0.353. The van der Waals surface area contributed by atoms with Gasteiger partial charge in [-0.05, 0) is 34.1 Å². The number of esters is 1. The quantitative estimate of drug-likeness (QED) is 0.816. The maximum absolute atomic E-state index is 11.9. The number of halogens is 2. The highest BCUT2D eigenvalue weighted by molar-refractivity contribution is 9.10. The van der Waals surface area contributed by atoms with Gasteiger partial charge in [-0.25, -0.2) is 4.79 Å². The number of para-hydroxylation sites is 1. The van der Waals surface area contributed by atoms with Crippen molar-refractivity contribution in [2.24, 2.45) is 0 Å². The summed E-state index contributed by atoms with van der Waals surface area (Å²) < 4.78 is 6.22. The van der Waals surface area contributed by atoms with Gasteiger partial charge in [0.05, 0.1) is 7.11 Å². The molecule has 0 amide bonds. The van der Waals surface area contributed by atoms with E-state index >= 15 is 0 Å². The van der Waals surface area contributed by atoms with Gasteiger partial charge in [-0.1, -0.05) is 29.8 Å². The zero-order valence-electron chi connectivity index (χ0n) is 10.0. The number of carbonyl (C=O) groups excluding carboxylic acids is 1. The maximum Gasteiger partial charge on any atom is 0.333 e. The summed E-state index contributed by atoms with van der Waals surface area (Å²) in [6.45, 7) is 0. The number of methoxy groups -OCH3 is 1. The number of thiophene rings is 1. The molecule has 1 unspecified atom stereocenters. The second kappa shape index (κ2) is 6.41. The molecule has 1 heterocycles. The second-order valence-electron chi connectivity index (χ2n) is 3.74. The Morgan fingerprint density at radius 1 is 1.42 bits per heavy atom. The number of benzene rings is 1. The molecule has 0 aliphatic heterocycles. The van der Waals surface area contributed by atoms with Crippen molar-refractivity contribution in [2.45, 2.75) is 6.04 Å². The fraction of sp³-hybridized carbons (Fsp3) is 0.154. The summed E-state index contributed by atoms with van der Waals surface area (Å²) in [5.41, 5.74) is 0.846. The van der Waals surface area contributed by atoms with Gasteiger partial charge in [0, 0.05) is 15.0 Å². The molecule has 0 aliphatic carbocycles. The first-order valence-corrected chi connectivity index (χ1v) is 7.44. The fourth-order valence-corrected chi connectivity index (χ4v) is 3.35. The number of carbonyl (C=O) groups is 1. The van der Waals surface area contributed by atoms with E-state index in [0.717, 1.165) is 15.0 Å². The van der Waals surface area contributed by atoms with Gasteiger partial charge < -0.3 is 10.1 Å². The smallest absolute Gasteiger partial charge is 0.333 e. The Kier molecular flexibility index (Phi) is 4.85. The lowest BCUT2D eigenvalue weighted by atomic mass is 10.2. The van der Waals surface area contributed by atoms with Crippen molar-refractivity contribution in [1.82, 2.24) is 0 Å². The summed E-state index contributed by atoms with van der Waals surface area (Å²) >= 11 is 10.7. The third-order valence-corrected chi connectivity index (χ3v) is 5.01. The van der Waals surface area contributed by atoms with Crippen molar-refractivity contribution in [3.8, 4) is 0 Å². The molecule has 0 fully saturated rings. The molecule has 0 saturated carbocycles. The normalized spacial score (nSPS) is 11.9. The molecule has 0 bridgehead atoms. The lowest BCUT2D eigenvalue weighted by Gasteiger charge is -2.16. The van der Waals surface area contributed by atoms with E-state index in [9.17, 15) is 4.79 Å². The summed E-state index contributed by atoms with van der Waals surface area (Å²) in [7, 11) is 1.37. The molecular formula is C13H11BrClNO2S. The van der Waals surface area contributed by atoms with Crippen molar-refractivity contribution in [1.29, 1.82) is 0 Å². The Balaban J connectivity index is 2.29. The molecule has 1 aromatic carbocycles. The minimum Gasteiger partial charge on any atom is -0.467 e. The highest BCUT2D eigenvalue weighted by atomic mass is 79.9. The lowest BCUT2D eigenvalue weighted by Crippen LogP contribution is -2.21. The Bertz CT molecular complexity index is 554. The minimum atomic E-state index is -0.568. The number of nitrogens with one attached hydrogen (secondary N) is 1. The largest absolute Gasteiger partial charge is 0.467 e. The summed E-state index contributed by atoms with van der Waals surface area (Å²) in [6.07, 6.45) is 0. The Morgan fingerprint density at radius 3 is 2.63 bits per heavy atom. The monoisotopic (exact) mass is 359 g/mol. The van der Waals surface area contributed by atoms with Crippen LogP contribution in [0.3, 0.4) is 0 Å². The highest BCUT2D eigenvalue weighted by Gasteiger charge is 2.24. The molecule has 1 atom stereocenters. The van der Waals surface area contributed by atoms with Crippen molar-refractivity contribution in [3.63, 3.8) is 0 Å². The zero-order valence-corrected chi connectivity index (χ0v) is 13.2. The van der Waals surface area contributed by atoms with Crippen LogP contribution < -0.4 is 5.32 Å². The number of rotatable bonds is 4. The van der Waals surface area contributed by atoms with E-state index in [1.54, 1.807) is 0 Å². The van der Waals surface area contributed by atoms with Gasteiger partial charge in [-0.3, -0.25) is 0 Å². The second-order valence-corrected chi connectivity index (χ2v) is 6.28. The third-order valence-electron chi connectivity index (χ3n) is 2.47. The van der Waals surface area contributed by atoms with Gasteiger partial charge in [-0.15, -0.1) is 11.3 Å². The van der Waals surface area contributed by atoms with Crippen molar-refractivity contribution in [2.75, 3.05) is 12.4 Å². The van der Waals surface area contributed by atoms with E-state index in [2.05, 4.69) is 21.2 Å². The number of hydrogen-bond donors (Lipinski definition) is 1. The molecule has 1 N–H and O–H groups in total. The molecule has 19 heavy (non-hydrogen) atoms. The maximum atomic E-state index is 11.9. The Morgan fingerprint density at radius 2 is 2.11 bits per heavy atom. The van der Waals surface area contributed by atoms with Crippen molar-refractivity contribution < 1.29 is 9.53 Å². The highest BCUT2D eigenvalue weighted by Crippen LogP contribution is 2.36. The average molecular weight is 361 g/mol. The molecule has 2 rings (SSSR count). The first-order valence-electron chi connectivity index (χ1n) is 5.46. The first kappa shape index (κ1) is 14.4. The summed E-state index contributed by atoms with van der Waals surface area (Å²) in [5, 5.41) is 3.14. The molecule has 2 aromatic rings. The summed E-state index contributed by atoms with van der Waals surface area (Å²) in [6, 6.07) is 10.7. The van der Waals surface area contributed by atoms with Crippen LogP contribution in [0.25, 0.3) is 0 Å². The number of hydrogen-bond acceptors (Lipinski definition) is 4. The van der Waals surface area contributed by atoms with Gasteiger partial charge in [-0.2, -0.15) is 0 Å². The predicted molar refractivity (Wildman–Crippen MR) is 81.9 cm³/mol. The topological polar surface area (TPSA) is 38.3 Å². The fourth-order valence-electron chi connectivity index (χ4n) is 1.57. The number of anilines is 1. The molecule has 0 radical (unpaired) electrons. The Hall–Kier alpha value is -1.04. The van der Waals surface area contributed by atoms with Crippen LogP contribution in [-0.4, -0.2) is 13.1 Å². The first-order chi connectivity index (χ1) is 9.11. The van der Waals surface area contributed by atoms with Crippen LogP contribution in [-0.2, 0) is 9.53 Å². The van der Waals surface area contributed by atoms with Crippen LogP contribution >= 0.6 is 38.9 Å². The van der Waals surface area contributed by atoms with E-state index in [1.807, 2.05) is 36.4 Å². The molecule has 0 saturated heterocycles. The predicted octanol–water partition coefficient (Wildman–Crippen LogP) is 4.49. The van der Waals surface area contributed by atoms with Crippen LogP contribution in [0.15, 0.2) is 40.9 Å². The standard InChI is InChI=1S/C13H11BrClNO2S/c1-18-13(17)11(10-7-9(14)12(15)19-10)16-8-5-3-2-4-6-8/h2-7,11,16H,1H3. The SMILES string of the molecule is COC(=O)C(Nc1ccccc1)c1cc(Br)c(Cl)s1. The van der Waals surface area contributed by atoms with Gasteiger partial charge >= 0.3 is 5.97 Å². The lowest BCUT2D eigenvalue weighted by molar-refractivity contribution is -0.141. The van der Waals surface area contributed by atoms with Gasteiger partial charge in [0.25, 0.3) is 0 Å². The number of ether oxygens (including phenoxy) is 1. The van der Waals surface area contributed by atoms with Gasteiger partial charge in [0.1, 0.15) is 4.34 Å². The molecular weight excluding hydrogens is 350 g/mol. The molecule has 0 aliphatic rings. The van der Waals surface area contributed by atoms with E-state index in [-0.39, 0.29) is 5.97 Å². The van der Waals surface area contributed by atoms with E-state index in [4.69, 9.17) is 16.3 Å². The van der Waals surface area contributed by atoms with Crippen LogP contribution in [0.2, 0.25) is 4.34 Å². The molecule has 3 nitrogen and oxygen atoms in total. The summed E-state index contributed by atoms with van der Waals surface area (Å²) in [4.78, 5) is 12.7. The van der Waals surface area contributed by atoms with E-state index in [1.165, 1.54) is 18.4 Å².